The Morgan fingerprint density at radius 2 is 1.52 bits per heavy atom. The highest BCUT2D eigenvalue weighted by Crippen LogP contribution is 2.25. The minimum absolute atomic E-state index is 0.269. The predicted octanol–water partition coefficient (Wildman–Crippen LogP) is 1.48. The van der Waals surface area contributed by atoms with Crippen LogP contribution in [0, 0.1) is 0 Å². The summed E-state index contributed by atoms with van der Waals surface area (Å²) in [5.41, 5.74) is 0.109. The molecule has 1 heterocycles. The smallest absolute Gasteiger partial charge is 0.332 e. The molecule has 0 saturated carbocycles. The monoisotopic (exact) mass is 367 g/mol. The van der Waals surface area contributed by atoms with Crippen molar-refractivity contribution in [3.05, 3.63) is 81.7 Å². The van der Waals surface area contributed by atoms with Crippen LogP contribution in [-0.4, -0.2) is 31.6 Å². The zero-order valence-electron chi connectivity index (χ0n) is 14.6. The number of aliphatic hydroxyl groups excluding tert-OH is 2. The lowest BCUT2D eigenvalue weighted by atomic mass is 10.2. The molecule has 0 spiro atoms. The summed E-state index contributed by atoms with van der Waals surface area (Å²) in [6.45, 7) is 0. The van der Waals surface area contributed by atoms with E-state index in [0.29, 0.717) is 6.42 Å². The number of para-hydroxylation sites is 1. The highest BCUT2D eigenvalue weighted by atomic mass is 16.3. The second-order valence-corrected chi connectivity index (χ2v) is 6.91. The highest BCUT2D eigenvalue weighted by Gasteiger charge is 2.27. The van der Waals surface area contributed by atoms with Gasteiger partial charge in [0.2, 0.25) is 0 Å². The van der Waals surface area contributed by atoms with Crippen LogP contribution in [0.2, 0.25) is 0 Å². The molecule has 4 unspecified atom stereocenters. The van der Waals surface area contributed by atoms with E-state index < -0.39 is 29.5 Å². The Kier molecular flexibility index (Phi) is 4.55. The number of anilines is 2. The van der Waals surface area contributed by atoms with E-state index in [0.717, 1.165) is 5.69 Å². The van der Waals surface area contributed by atoms with Crippen molar-refractivity contribution in [2.24, 2.45) is 0 Å². The van der Waals surface area contributed by atoms with Gasteiger partial charge in [-0.05, 0) is 12.1 Å². The summed E-state index contributed by atoms with van der Waals surface area (Å²) in [6.07, 6.45) is 7.59. The van der Waals surface area contributed by atoms with Gasteiger partial charge in [-0.15, -0.1) is 0 Å². The summed E-state index contributed by atoms with van der Waals surface area (Å²) >= 11 is 0. The van der Waals surface area contributed by atoms with E-state index in [-0.39, 0.29) is 18.2 Å². The van der Waals surface area contributed by atoms with E-state index >= 15 is 0 Å². The Hall–Kier alpha value is -2.90. The Morgan fingerprint density at radius 1 is 0.889 bits per heavy atom. The number of rotatable bonds is 4. The molecule has 4 atom stereocenters. The molecule has 2 aliphatic carbocycles. The molecule has 0 amide bonds. The van der Waals surface area contributed by atoms with Crippen LogP contribution in [0.5, 0.6) is 0 Å². The van der Waals surface area contributed by atoms with Crippen molar-refractivity contribution in [3.8, 4) is 0 Å². The summed E-state index contributed by atoms with van der Waals surface area (Å²) < 4.78 is 2.65. The minimum atomic E-state index is -0.673. The lowest BCUT2D eigenvalue weighted by molar-refractivity contribution is 0.205. The highest BCUT2D eigenvalue weighted by molar-refractivity contribution is 5.57. The fraction of sp³-hybridized carbons (Fsp3) is 0.300. The average Bonchev–Trinajstić information content (AvgIpc) is 3.27. The third kappa shape index (κ3) is 3.39. The number of aromatic nitrogens is 2. The van der Waals surface area contributed by atoms with Crippen LogP contribution < -0.4 is 16.6 Å². The van der Waals surface area contributed by atoms with Crippen LogP contribution in [-0.2, 0) is 0 Å². The predicted molar refractivity (Wildman–Crippen MR) is 102 cm³/mol. The molecule has 0 saturated heterocycles. The summed E-state index contributed by atoms with van der Waals surface area (Å²) in [5.74, 6) is 0. The zero-order valence-corrected chi connectivity index (χ0v) is 14.6. The molecule has 27 heavy (non-hydrogen) atoms. The van der Waals surface area contributed by atoms with Crippen LogP contribution in [0.4, 0.5) is 11.4 Å². The number of hydrogen-bond acceptors (Lipinski definition) is 5. The van der Waals surface area contributed by atoms with E-state index in [1.165, 1.54) is 15.3 Å². The lowest BCUT2D eigenvalue weighted by Gasteiger charge is -2.20. The number of benzene rings is 1. The molecule has 1 aromatic carbocycles. The van der Waals surface area contributed by atoms with Gasteiger partial charge in [-0.3, -0.25) is 13.9 Å². The van der Waals surface area contributed by atoms with Gasteiger partial charge in [0.15, 0.2) is 0 Å². The van der Waals surface area contributed by atoms with Crippen LogP contribution in [0.1, 0.15) is 24.9 Å². The van der Waals surface area contributed by atoms with Gasteiger partial charge < -0.3 is 15.5 Å². The molecule has 3 N–H and O–H groups in total. The topological polar surface area (TPSA) is 96.5 Å². The maximum atomic E-state index is 13.0. The zero-order chi connectivity index (χ0) is 19.0. The largest absolute Gasteiger partial charge is 0.389 e. The maximum Gasteiger partial charge on any atom is 0.332 e. The van der Waals surface area contributed by atoms with Crippen molar-refractivity contribution in [2.75, 3.05) is 5.32 Å². The van der Waals surface area contributed by atoms with Gasteiger partial charge in [-0.25, -0.2) is 4.79 Å². The van der Waals surface area contributed by atoms with E-state index in [4.69, 9.17) is 0 Å². The van der Waals surface area contributed by atoms with E-state index in [9.17, 15) is 19.8 Å². The quantitative estimate of drug-likeness (QED) is 0.712. The third-order valence-electron chi connectivity index (χ3n) is 4.96. The first-order chi connectivity index (χ1) is 13.0. The molecule has 0 aliphatic heterocycles. The summed E-state index contributed by atoms with van der Waals surface area (Å²) in [5, 5.41) is 22.7. The summed E-state index contributed by atoms with van der Waals surface area (Å²) in [6, 6.07) is 8.41. The van der Waals surface area contributed by atoms with Crippen molar-refractivity contribution < 1.29 is 10.2 Å². The normalized spacial score (nSPS) is 26.6. The van der Waals surface area contributed by atoms with E-state index in [2.05, 4.69) is 5.32 Å². The first-order valence-electron chi connectivity index (χ1n) is 8.95. The molecule has 7 nitrogen and oxygen atoms in total. The van der Waals surface area contributed by atoms with Gasteiger partial charge in [-0.1, -0.05) is 42.5 Å². The SMILES string of the molecule is O=c1c(Nc2ccccc2)cn(C2C=CC(O)C2)c(=O)n1C1C=CC(O)C1. The second kappa shape index (κ2) is 7.02. The summed E-state index contributed by atoms with van der Waals surface area (Å²) in [7, 11) is 0. The molecule has 0 radical (unpaired) electrons. The van der Waals surface area contributed by atoms with Crippen LogP contribution in [0.15, 0.2) is 70.4 Å². The number of nitrogens with zero attached hydrogens (tertiary/aromatic N) is 2. The first-order valence-corrected chi connectivity index (χ1v) is 8.95. The number of hydrogen-bond donors (Lipinski definition) is 3. The van der Waals surface area contributed by atoms with Crippen molar-refractivity contribution in [2.45, 2.75) is 37.1 Å². The van der Waals surface area contributed by atoms with Gasteiger partial charge in [0, 0.05) is 24.7 Å². The Morgan fingerprint density at radius 3 is 2.11 bits per heavy atom. The van der Waals surface area contributed by atoms with Gasteiger partial charge >= 0.3 is 5.69 Å². The molecule has 7 heteroatoms. The van der Waals surface area contributed by atoms with Gasteiger partial charge in [0.05, 0.1) is 24.3 Å². The average molecular weight is 367 g/mol. The number of aliphatic hydroxyl groups is 2. The Balaban J connectivity index is 1.83. The molecular formula is C20H21N3O4. The van der Waals surface area contributed by atoms with E-state index in [1.54, 1.807) is 24.3 Å². The molecule has 140 valence electrons. The Labute approximate surface area is 155 Å². The van der Waals surface area contributed by atoms with Gasteiger partial charge in [0.25, 0.3) is 5.56 Å². The molecule has 2 aromatic rings. The molecular weight excluding hydrogens is 346 g/mol. The third-order valence-corrected chi connectivity index (χ3v) is 4.96. The lowest BCUT2D eigenvalue weighted by Crippen LogP contribution is -2.43. The van der Waals surface area contributed by atoms with Crippen molar-refractivity contribution in [3.63, 3.8) is 0 Å². The molecule has 2 aliphatic rings. The first kappa shape index (κ1) is 17.5. The summed E-state index contributed by atoms with van der Waals surface area (Å²) in [4.78, 5) is 26.1. The molecule has 4 rings (SSSR count). The maximum absolute atomic E-state index is 13.0. The van der Waals surface area contributed by atoms with Crippen LogP contribution in [0.3, 0.4) is 0 Å². The minimum Gasteiger partial charge on any atom is -0.389 e. The molecule has 0 fully saturated rings. The molecule has 1 aromatic heterocycles. The van der Waals surface area contributed by atoms with Gasteiger partial charge in [-0.2, -0.15) is 0 Å². The fourth-order valence-corrected chi connectivity index (χ4v) is 3.60. The van der Waals surface area contributed by atoms with Gasteiger partial charge in [0.1, 0.15) is 5.69 Å². The van der Waals surface area contributed by atoms with Crippen molar-refractivity contribution in [1.29, 1.82) is 0 Å². The molecule has 0 bridgehead atoms. The standard InChI is InChI=1S/C20H21N3O4/c24-16-8-6-14(10-16)22-12-18(21-13-4-2-1-3-5-13)19(26)23(20(22)27)15-7-9-17(25)11-15/h1-9,12,14-17,21,24-25H,10-11H2. The fourth-order valence-electron chi connectivity index (χ4n) is 3.60. The Bertz CT molecular complexity index is 1010. The van der Waals surface area contributed by atoms with E-state index in [1.807, 2.05) is 30.3 Å². The van der Waals surface area contributed by atoms with Crippen LogP contribution in [0.25, 0.3) is 0 Å². The van der Waals surface area contributed by atoms with Crippen molar-refractivity contribution >= 4 is 11.4 Å². The van der Waals surface area contributed by atoms with Crippen LogP contribution >= 0.6 is 0 Å². The van der Waals surface area contributed by atoms with Crippen molar-refractivity contribution in [1.82, 2.24) is 9.13 Å². The second-order valence-electron chi connectivity index (χ2n) is 6.91. The number of allylic oxidation sites excluding steroid dienone is 2. The number of nitrogens with one attached hydrogen (secondary N) is 1.